The van der Waals surface area contributed by atoms with E-state index < -0.39 is 0 Å². The van der Waals surface area contributed by atoms with Crippen molar-refractivity contribution < 1.29 is 25.2 Å². The number of para-hydroxylation sites is 1. The molecule has 0 fully saturated rings. The Morgan fingerprint density at radius 1 is 0.811 bits per heavy atom. The molecule has 0 atom stereocenters. The summed E-state index contributed by atoms with van der Waals surface area (Å²) in [6.45, 7) is 22.1. The molecule has 0 unspecified atom stereocenters. The van der Waals surface area contributed by atoms with E-state index in [0.29, 0.717) is 17.4 Å². The van der Waals surface area contributed by atoms with Gasteiger partial charge in [0.25, 0.3) is 0 Å². The van der Waals surface area contributed by atoms with Gasteiger partial charge in [0.2, 0.25) is 0 Å². The van der Waals surface area contributed by atoms with Gasteiger partial charge < -0.3 is 9.30 Å². The summed E-state index contributed by atoms with van der Waals surface area (Å²) >= 11 is 0. The first-order valence-corrected chi connectivity index (χ1v) is 18.7. The zero-order valence-electron chi connectivity index (χ0n) is 32.7. The van der Waals surface area contributed by atoms with Crippen LogP contribution in [0.1, 0.15) is 99.5 Å². The molecule has 6 heteroatoms. The molecule has 0 saturated carbocycles. The number of hydrogen-bond acceptors (Lipinski definition) is 3. The van der Waals surface area contributed by atoms with Gasteiger partial charge in [0.15, 0.2) is 0 Å². The molecule has 0 aliphatic heterocycles. The van der Waals surface area contributed by atoms with Crippen LogP contribution >= 0.6 is 0 Å². The molecular weight excluding hydrogens is 743 g/mol. The van der Waals surface area contributed by atoms with E-state index in [1.54, 1.807) is 0 Å². The molecule has 0 amide bonds. The molecule has 3 heterocycles. The Hall–Kier alpha value is -4.50. The Balaban J connectivity index is 0.00000481. The summed E-state index contributed by atoms with van der Waals surface area (Å²) in [5.41, 5.74) is 13.6. The van der Waals surface area contributed by atoms with Gasteiger partial charge in [0, 0.05) is 34.5 Å². The van der Waals surface area contributed by atoms with E-state index >= 15 is 0 Å². The van der Waals surface area contributed by atoms with Crippen molar-refractivity contribution in [2.45, 2.75) is 99.8 Å². The predicted octanol–water partition coefficient (Wildman–Crippen LogP) is 12.4. The summed E-state index contributed by atoms with van der Waals surface area (Å²) in [4.78, 5) is 4.84. The minimum Gasteiger partial charge on any atom is -0.509 e. The van der Waals surface area contributed by atoms with Gasteiger partial charge in [-0.05, 0) is 109 Å². The van der Waals surface area contributed by atoms with E-state index in [4.69, 9.17) is 14.8 Å². The third-order valence-electron chi connectivity index (χ3n) is 10.3. The predicted molar refractivity (Wildman–Crippen MR) is 216 cm³/mol. The second-order valence-corrected chi connectivity index (χ2v) is 15.7. The maximum atomic E-state index is 6.70. The standard InChI is InChI=1S/C47H50N4O.Pd/c1-11-12-15-34-20-21-48-44(24-34)50-42-17-14-13-16-40(42)41-19-18-38(28-43(41)50)52-39-26-36(47(8,9)10)25-37(27-39)51-33(7)46(32(6)49-51)45-30(4)22-35(29(2)3)23-31(45)5;/h13-14,16-26,29H,11-12,15H2,1-10H3;/q-2;+2. The molecule has 274 valence electrons. The number of benzene rings is 4. The first-order chi connectivity index (χ1) is 24.8. The van der Waals surface area contributed by atoms with Crippen LogP contribution in [0.4, 0.5) is 0 Å². The minimum absolute atomic E-state index is 0. The number of hydrogen-bond donors (Lipinski definition) is 0. The molecule has 0 spiro atoms. The molecule has 0 aliphatic rings. The Bertz CT molecular complexity index is 2420. The van der Waals surface area contributed by atoms with Crippen molar-refractivity contribution in [1.82, 2.24) is 19.3 Å². The Morgan fingerprint density at radius 3 is 2.25 bits per heavy atom. The van der Waals surface area contributed by atoms with Crippen LogP contribution in [0.5, 0.6) is 11.5 Å². The molecule has 7 rings (SSSR count). The molecule has 0 aliphatic carbocycles. The van der Waals surface area contributed by atoms with E-state index in [1.807, 2.05) is 16.9 Å². The van der Waals surface area contributed by atoms with Crippen LogP contribution in [0.15, 0.2) is 79.0 Å². The summed E-state index contributed by atoms with van der Waals surface area (Å²) in [5, 5.41) is 7.39. The van der Waals surface area contributed by atoms with Gasteiger partial charge in [-0.25, -0.2) is 4.98 Å². The largest absolute Gasteiger partial charge is 2.00 e. The Kier molecular flexibility index (Phi) is 10.9. The third kappa shape index (κ3) is 7.37. The van der Waals surface area contributed by atoms with E-state index in [-0.39, 0.29) is 25.8 Å². The maximum Gasteiger partial charge on any atom is 2.00 e. The minimum atomic E-state index is -0.130. The quantitative estimate of drug-likeness (QED) is 0.108. The molecule has 3 aromatic heterocycles. The SMILES string of the molecule is CCCCc1ccnc(-n2c3[c-]c(Oc4[c-]c(-n5nc(C)c(-c6c(C)cc(C(C)C)cc6C)c5C)cc(C(C)(C)C)c4)ccc3c3ccccc32)c1.[Pd+2]. The van der Waals surface area contributed by atoms with Crippen molar-refractivity contribution >= 4 is 21.8 Å². The average Bonchev–Trinajstić information content (AvgIpc) is 3.59. The van der Waals surface area contributed by atoms with Crippen LogP contribution in [0, 0.1) is 39.8 Å². The Morgan fingerprint density at radius 2 is 1.55 bits per heavy atom. The van der Waals surface area contributed by atoms with Crippen LogP contribution in [0.3, 0.4) is 0 Å². The van der Waals surface area contributed by atoms with Gasteiger partial charge >= 0.3 is 20.4 Å². The van der Waals surface area contributed by atoms with Crippen LogP contribution in [-0.4, -0.2) is 19.3 Å². The molecular formula is C47H50N4OPd. The third-order valence-corrected chi connectivity index (χ3v) is 10.3. The number of nitrogens with zero attached hydrogens (tertiary/aromatic N) is 4. The fourth-order valence-electron chi connectivity index (χ4n) is 7.50. The average molecular weight is 793 g/mol. The monoisotopic (exact) mass is 792 g/mol. The van der Waals surface area contributed by atoms with Crippen LogP contribution in [0.25, 0.3) is 44.4 Å². The summed E-state index contributed by atoms with van der Waals surface area (Å²) in [6, 6.07) is 33.1. The fraction of sp³-hybridized carbons (Fsp3) is 0.319. The molecule has 0 radical (unpaired) electrons. The second-order valence-electron chi connectivity index (χ2n) is 15.7. The number of ether oxygens (including phenoxy) is 1. The van der Waals surface area contributed by atoms with Gasteiger partial charge in [-0.15, -0.1) is 41.3 Å². The maximum absolute atomic E-state index is 6.70. The molecule has 0 saturated heterocycles. The van der Waals surface area contributed by atoms with Gasteiger partial charge in [0.1, 0.15) is 5.82 Å². The van der Waals surface area contributed by atoms with Crippen molar-refractivity contribution in [2.75, 3.05) is 0 Å². The number of fused-ring (bicyclic) bond motifs is 3. The Labute approximate surface area is 329 Å². The van der Waals surface area contributed by atoms with Gasteiger partial charge in [0.05, 0.1) is 5.69 Å². The van der Waals surface area contributed by atoms with Gasteiger partial charge in [-0.3, -0.25) is 4.68 Å². The number of aromatic nitrogens is 4. The fourth-order valence-corrected chi connectivity index (χ4v) is 7.50. The second kappa shape index (κ2) is 15.1. The molecule has 53 heavy (non-hydrogen) atoms. The molecule has 4 aromatic carbocycles. The van der Waals surface area contributed by atoms with E-state index in [9.17, 15) is 0 Å². The number of pyridine rings is 1. The van der Waals surface area contributed by atoms with Crippen molar-refractivity contribution in [3.05, 3.63) is 130 Å². The molecule has 0 N–H and O–H groups in total. The number of aryl methyl sites for hydroxylation is 4. The first kappa shape index (κ1) is 38.2. The van der Waals surface area contributed by atoms with Gasteiger partial charge in [-0.1, -0.05) is 83.8 Å². The molecule has 7 aromatic rings. The number of rotatable bonds is 9. The summed E-state index contributed by atoms with van der Waals surface area (Å²) in [5.74, 6) is 2.62. The number of unbranched alkanes of at least 4 members (excludes halogenated alkanes) is 1. The summed E-state index contributed by atoms with van der Waals surface area (Å²) in [6.07, 6.45) is 5.26. The molecule has 0 bridgehead atoms. The van der Waals surface area contributed by atoms with Crippen molar-refractivity contribution in [3.8, 4) is 34.1 Å². The van der Waals surface area contributed by atoms with Crippen molar-refractivity contribution in [2.24, 2.45) is 0 Å². The van der Waals surface area contributed by atoms with Crippen LogP contribution in [-0.2, 0) is 32.3 Å². The van der Waals surface area contributed by atoms with Crippen LogP contribution in [0.2, 0.25) is 0 Å². The summed E-state index contributed by atoms with van der Waals surface area (Å²) in [7, 11) is 0. The topological polar surface area (TPSA) is 44.9 Å². The molecule has 5 nitrogen and oxygen atoms in total. The van der Waals surface area contributed by atoms with E-state index in [1.165, 1.54) is 33.4 Å². The van der Waals surface area contributed by atoms with E-state index in [2.05, 4.69) is 153 Å². The normalized spacial score (nSPS) is 11.8. The van der Waals surface area contributed by atoms with E-state index in [0.717, 1.165) is 69.5 Å². The zero-order valence-corrected chi connectivity index (χ0v) is 34.3. The smallest absolute Gasteiger partial charge is 0.509 e. The summed E-state index contributed by atoms with van der Waals surface area (Å²) < 4.78 is 10.9. The van der Waals surface area contributed by atoms with Crippen molar-refractivity contribution in [1.29, 1.82) is 0 Å². The van der Waals surface area contributed by atoms with Crippen LogP contribution < -0.4 is 4.74 Å². The van der Waals surface area contributed by atoms with Gasteiger partial charge in [-0.2, -0.15) is 11.2 Å². The van der Waals surface area contributed by atoms with Crippen molar-refractivity contribution in [3.63, 3.8) is 0 Å². The zero-order chi connectivity index (χ0) is 36.9. The first-order valence-electron chi connectivity index (χ1n) is 18.7.